The van der Waals surface area contributed by atoms with Gasteiger partial charge in [0.1, 0.15) is 6.10 Å². The highest BCUT2D eigenvalue weighted by molar-refractivity contribution is 5.66. The lowest BCUT2D eigenvalue weighted by Crippen LogP contribution is -2.44. The summed E-state index contributed by atoms with van der Waals surface area (Å²) in [6.45, 7) is 4.59. The number of nitrogens with zero attached hydrogens (tertiary/aromatic N) is 1. The average Bonchev–Trinajstić information content (AvgIpc) is 2.60. The third-order valence-electron chi connectivity index (χ3n) is 4.07. The molecule has 1 N–H and O–H groups in total. The van der Waals surface area contributed by atoms with E-state index in [9.17, 15) is 9.90 Å². The molecule has 0 aliphatic rings. The summed E-state index contributed by atoms with van der Waals surface area (Å²) in [5.41, 5.74) is 2.36. The van der Waals surface area contributed by atoms with Crippen molar-refractivity contribution < 1.29 is 14.6 Å². The maximum atomic E-state index is 11.3. The number of benzene rings is 2. The van der Waals surface area contributed by atoms with E-state index in [-0.39, 0.29) is 18.6 Å². The first-order chi connectivity index (χ1) is 11.6. The van der Waals surface area contributed by atoms with E-state index in [1.165, 1.54) is 18.1 Å². The summed E-state index contributed by atoms with van der Waals surface area (Å²) in [7, 11) is 0. The van der Waals surface area contributed by atoms with E-state index >= 15 is 0 Å². The molecule has 0 radical (unpaired) electrons. The van der Waals surface area contributed by atoms with Crippen LogP contribution in [0.25, 0.3) is 0 Å². The molecule has 0 aromatic heterocycles. The van der Waals surface area contributed by atoms with Crippen LogP contribution in [0.3, 0.4) is 0 Å². The Labute approximate surface area is 143 Å². The van der Waals surface area contributed by atoms with Crippen molar-refractivity contribution in [3.8, 4) is 0 Å². The molecule has 2 aromatic rings. The van der Waals surface area contributed by atoms with Crippen LogP contribution in [0, 0.1) is 0 Å². The maximum absolute atomic E-state index is 11.3. The van der Waals surface area contributed by atoms with Gasteiger partial charge in [-0.05, 0) is 18.1 Å². The zero-order valence-corrected chi connectivity index (χ0v) is 14.3. The molecule has 0 aliphatic carbocycles. The number of ether oxygens (including phenoxy) is 1. The molecule has 0 amide bonds. The normalized spacial score (nSPS) is 13.5. The number of aliphatic hydroxyl groups excluding tert-OH is 1. The minimum atomic E-state index is -0.546. The molecular formula is C20H25NO3. The van der Waals surface area contributed by atoms with Crippen LogP contribution >= 0.6 is 0 Å². The largest absolute Gasteiger partial charge is 0.458 e. The maximum Gasteiger partial charge on any atom is 0.303 e. The number of carbonyl (C=O) groups excluding carboxylic acids is 1. The van der Waals surface area contributed by atoms with Gasteiger partial charge >= 0.3 is 5.97 Å². The predicted octanol–water partition coefficient (Wildman–Crippen LogP) is 3.00. The van der Waals surface area contributed by atoms with E-state index in [4.69, 9.17) is 4.74 Å². The number of esters is 1. The molecule has 0 aliphatic heterocycles. The molecular weight excluding hydrogens is 302 g/mol. The zero-order valence-electron chi connectivity index (χ0n) is 14.3. The van der Waals surface area contributed by atoms with Gasteiger partial charge in [-0.3, -0.25) is 9.69 Å². The average molecular weight is 327 g/mol. The van der Waals surface area contributed by atoms with Crippen LogP contribution in [0.1, 0.15) is 25.0 Å². The van der Waals surface area contributed by atoms with Crippen LogP contribution < -0.4 is 0 Å². The van der Waals surface area contributed by atoms with Gasteiger partial charge in [-0.1, -0.05) is 60.7 Å². The lowest BCUT2D eigenvalue weighted by atomic mass is 10.1. The van der Waals surface area contributed by atoms with Crippen molar-refractivity contribution in [3.63, 3.8) is 0 Å². The number of carbonyl (C=O) groups is 1. The SMILES string of the molecule is CC(=O)O[C@H](CO)[C@H](C)N(Cc1ccccc1)Cc1ccccc1. The quantitative estimate of drug-likeness (QED) is 0.757. The highest BCUT2D eigenvalue weighted by atomic mass is 16.6. The summed E-state index contributed by atoms with van der Waals surface area (Å²) < 4.78 is 5.29. The van der Waals surface area contributed by atoms with Gasteiger partial charge in [-0.2, -0.15) is 0 Å². The van der Waals surface area contributed by atoms with Crippen molar-refractivity contribution in [3.05, 3.63) is 71.8 Å². The molecule has 24 heavy (non-hydrogen) atoms. The summed E-state index contributed by atoms with van der Waals surface area (Å²) in [4.78, 5) is 13.5. The van der Waals surface area contributed by atoms with Crippen LogP contribution in [0.5, 0.6) is 0 Å². The Balaban J connectivity index is 2.18. The highest BCUT2D eigenvalue weighted by Crippen LogP contribution is 2.17. The lowest BCUT2D eigenvalue weighted by Gasteiger charge is -2.33. The second kappa shape index (κ2) is 9.21. The van der Waals surface area contributed by atoms with E-state index in [1.807, 2.05) is 43.3 Å². The van der Waals surface area contributed by atoms with Gasteiger partial charge in [0.2, 0.25) is 0 Å². The minimum Gasteiger partial charge on any atom is -0.458 e. The molecule has 0 bridgehead atoms. The van der Waals surface area contributed by atoms with Crippen LogP contribution in [0.4, 0.5) is 0 Å². The summed E-state index contributed by atoms with van der Waals surface area (Å²) >= 11 is 0. The Bertz CT molecular complexity index is 574. The summed E-state index contributed by atoms with van der Waals surface area (Å²) in [5.74, 6) is -0.375. The van der Waals surface area contributed by atoms with E-state index in [1.54, 1.807) is 0 Å². The van der Waals surface area contributed by atoms with Gasteiger partial charge < -0.3 is 9.84 Å². The Morgan fingerprint density at radius 3 is 1.83 bits per heavy atom. The molecule has 0 fully saturated rings. The van der Waals surface area contributed by atoms with Crippen molar-refractivity contribution in [1.29, 1.82) is 0 Å². The van der Waals surface area contributed by atoms with Crippen LogP contribution in [0.2, 0.25) is 0 Å². The first-order valence-electron chi connectivity index (χ1n) is 8.20. The Morgan fingerprint density at radius 2 is 1.46 bits per heavy atom. The standard InChI is InChI=1S/C20H25NO3/c1-16(20(15-22)24-17(2)23)21(13-18-9-5-3-6-10-18)14-19-11-7-4-8-12-19/h3-12,16,20,22H,13-15H2,1-2H3/t16-,20+/m0/s1. The van der Waals surface area contributed by atoms with E-state index in [2.05, 4.69) is 29.2 Å². The summed E-state index contributed by atoms with van der Waals surface area (Å²) in [5, 5.41) is 9.62. The second-order valence-corrected chi connectivity index (χ2v) is 5.95. The molecule has 128 valence electrons. The molecule has 2 atom stereocenters. The van der Waals surface area contributed by atoms with Gasteiger partial charge in [0.05, 0.1) is 6.61 Å². The third kappa shape index (κ3) is 5.48. The van der Waals surface area contributed by atoms with Crippen LogP contribution in [-0.2, 0) is 22.6 Å². The van der Waals surface area contributed by atoms with Gasteiger partial charge in [0, 0.05) is 26.1 Å². The molecule has 2 rings (SSSR count). The fourth-order valence-electron chi connectivity index (χ4n) is 2.72. The monoisotopic (exact) mass is 327 g/mol. The molecule has 0 spiro atoms. The Hall–Kier alpha value is -2.17. The topological polar surface area (TPSA) is 49.8 Å². The van der Waals surface area contributed by atoms with Crippen LogP contribution in [-0.4, -0.2) is 34.7 Å². The first-order valence-corrected chi connectivity index (χ1v) is 8.20. The minimum absolute atomic E-state index is 0.112. The van der Waals surface area contributed by atoms with Crippen molar-refractivity contribution in [2.24, 2.45) is 0 Å². The predicted molar refractivity (Wildman–Crippen MR) is 94.2 cm³/mol. The number of aliphatic hydroxyl groups is 1. The molecule has 4 nitrogen and oxygen atoms in total. The number of rotatable bonds is 8. The highest BCUT2D eigenvalue weighted by Gasteiger charge is 2.25. The summed E-state index contributed by atoms with van der Waals surface area (Å²) in [6.07, 6.45) is -0.546. The molecule has 0 saturated carbocycles. The van der Waals surface area contributed by atoms with E-state index < -0.39 is 6.10 Å². The van der Waals surface area contributed by atoms with Crippen molar-refractivity contribution in [1.82, 2.24) is 4.90 Å². The number of hydrogen-bond acceptors (Lipinski definition) is 4. The third-order valence-corrected chi connectivity index (χ3v) is 4.07. The van der Waals surface area contributed by atoms with Gasteiger partial charge in [0.15, 0.2) is 0 Å². The fraction of sp³-hybridized carbons (Fsp3) is 0.350. The van der Waals surface area contributed by atoms with E-state index in [0.717, 1.165) is 0 Å². The molecule has 2 aromatic carbocycles. The van der Waals surface area contributed by atoms with Crippen molar-refractivity contribution in [2.45, 2.75) is 39.1 Å². The van der Waals surface area contributed by atoms with Crippen molar-refractivity contribution >= 4 is 5.97 Å². The number of hydrogen-bond donors (Lipinski definition) is 1. The Morgan fingerprint density at radius 1 is 1.00 bits per heavy atom. The molecule has 0 saturated heterocycles. The van der Waals surface area contributed by atoms with Crippen LogP contribution in [0.15, 0.2) is 60.7 Å². The smallest absolute Gasteiger partial charge is 0.303 e. The lowest BCUT2D eigenvalue weighted by molar-refractivity contribution is -0.152. The van der Waals surface area contributed by atoms with Gasteiger partial charge in [0.25, 0.3) is 0 Å². The molecule has 0 heterocycles. The first kappa shape index (κ1) is 18.2. The molecule has 0 unspecified atom stereocenters. The molecule has 4 heteroatoms. The zero-order chi connectivity index (χ0) is 17.4. The second-order valence-electron chi connectivity index (χ2n) is 5.95. The van der Waals surface area contributed by atoms with Gasteiger partial charge in [-0.25, -0.2) is 0 Å². The summed E-state index contributed by atoms with van der Waals surface area (Å²) in [6, 6.07) is 20.2. The van der Waals surface area contributed by atoms with Crippen molar-refractivity contribution in [2.75, 3.05) is 6.61 Å². The van der Waals surface area contributed by atoms with Gasteiger partial charge in [-0.15, -0.1) is 0 Å². The Kier molecular flexibility index (Phi) is 6.97. The fourth-order valence-corrected chi connectivity index (χ4v) is 2.72. The van der Waals surface area contributed by atoms with E-state index in [0.29, 0.717) is 13.1 Å².